The van der Waals surface area contributed by atoms with Crippen LogP contribution < -0.4 is 10.2 Å². The number of rotatable bonds is 6. The molecule has 2 aromatic heterocycles. The van der Waals surface area contributed by atoms with Gasteiger partial charge in [-0.1, -0.05) is 19.9 Å². The standard InChI is InChI=1S/C22H31N5O/c1-15(2)21(28)24-13-16-8-10-17(11-9-16)20-18(19-7-5-6-12-23-19)14-25-22(26-20)27(3)4/h5-7,12,14-17H,8-11,13H2,1-4H3,(H,24,28). The molecule has 1 saturated carbocycles. The molecule has 150 valence electrons. The molecule has 0 aromatic carbocycles. The second-order valence-electron chi connectivity index (χ2n) is 8.20. The Bertz CT molecular complexity index is 783. The molecule has 2 aromatic rings. The Morgan fingerprint density at radius 1 is 1.18 bits per heavy atom. The molecule has 6 heteroatoms. The van der Waals surface area contributed by atoms with Crippen LogP contribution in [0.15, 0.2) is 30.6 Å². The van der Waals surface area contributed by atoms with Gasteiger partial charge in [0.25, 0.3) is 0 Å². The molecular weight excluding hydrogens is 350 g/mol. The number of carbonyl (C=O) groups is 1. The van der Waals surface area contributed by atoms with E-state index in [2.05, 4.69) is 15.3 Å². The van der Waals surface area contributed by atoms with E-state index >= 15 is 0 Å². The van der Waals surface area contributed by atoms with Crippen LogP contribution in [0.4, 0.5) is 5.95 Å². The third-order valence-electron chi connectivity index (χ3n) is 5.47. The summed E-state index contributed by atoms with van der Waals surface area (Å²) >= 11 is 0. The van der Waals surface area contributed by atoms with Crippen molar-refractivity contribution in [2.45, 2.75) is 45.4 Å². The highest BCUT2D eigenvalue weighted by Crippen LogP contribution is 2.38. The van der Waals surface area contributed by atoms with E-state index in [1.807, 2.05) is 63.4 Å². The van der Waals surface area contributed by atoms with Crippen LogP contribution in [0.1, 0.15) is 51.1 Å². The molecule has 0 bridgehead atoms. The van der Waals surface area contributed by atoms with E-state index in [1.54, 1.807) is 0 Å². The van der Waals surface area contributed by atoms with Crippen molar-refractivity contribution in [3.05, 3.63) is 36.3 Å². The fraction of sp³-hybridized carbons (Fsp3) is 0.545. The number of hydrogen-bond donors (Lipinski definition) is 1. The number of hydrogen-bond acceptors (Lipinski definition) is 5. The van der Waals surface area contributed by atoms with Crippen molar-refractivity contribution < 1.29 is 4.79 Å². The molecule has 0 atom stereocenters. The van der Waals surface area contributed by atoms with E-state index in [0.29, 0.717) is 11.8 Å². The Kier molecular flexibility index (Phi) is 6.60. The molecule has 0 saturated heterocycles. The molecule has 1 aliphatic carbocycles. The lowest BCUT2D eigenvalue weighted by Gasteiger charge is -2.30. The maximum Gasteiger partial charge on any atom is 0.225 e. The monoisotopic (exact) mass is 381 g/mol. The molecule has 0 radical (unpaired) electrons. The molecular formula is C22H31N5O. The van der Waals surface area contributed by atoms with Gasteiger partial charge in [-0.25, -0.2) is 9.97 Å². The number of nitrogens with one attached hydrogen (secondary N) is 1. The van der Waals surface area contributed by atoms with Crippen molar-refractivity contribution >= 4 is 11.9 Å². The predicted octanol–water partition coefficient (Wildman–Crippen LogP) is 3.65. The summed E-state index contributed by atoms with van der Waals surface area (Å²) in [5, 5.41) is 3.09. The van der Waals surface area contributed by atoms with Gasteiger partial charge in [0.15, 0.2) is 0 Å². The first kappa shape index (κ1) is 20.2. The fourth-order valence-electron chi connectivity index (χ4n) is 3.72. The molecule has 3 rings (SSSR count). The quantitative estimate of drug-likeness (QED) is 0.827. The highest BCUT2D eigenvalue weighted by molar-refractivity contribution is 5.77. The Balaban J connectivity index is 1.74. The highest BCUT2D eigenvalue weighted by Gasteiger charge is 2.27. The molecule has 6 nitrogen and oxygen atoms in total. The average Bonchev–Trinajstić information content (AvgIpc) is 2.72. The molecule has 2 heterocycles. The third-order valence-corrected chi connectivity index (χ3v) is 5.47. The van der Waals surface area contributed by atoms with Gasteiger partial charge < -0.3 is 10.2 Å². The summed E-state index contributed by atoms with van der Waals surface area (Å²) in [6.45, 7) is 4.65. The first-order valence-electron chi connectivity index (χ1n) is 10.2. The normalized spacial score (nSPS) is 19.5. The number of amides is 1. The molecule has 1 amide bonds. The molecule has 0 aliphatic heterocycles. The Hall–Kier alpha value is -2.50. The van der Waals surface area contributed by atoms with Crippen LogP contribution in [-0.4, -0.2) is 41.5 Å². The number of anilines is 1. The minimum absolute atomic E-state index is 0.0442. The molecule has 1 N–H and O–H groups in total. The summed E-state index contributed by atoms with van der Waals surface area (Å²) in [7, 11) is 3.93. The van der Waals surface area contributed by atoms with Crippen LogP contribution in [-0.2, 0) is 4.79 Å². The summed E-state index contributed by atoms with van der Waals surface area (Å²) < 4.78 is 0. The summed E-state index contributed by atoms with van der Waals surface area (Å²) in [6.07, 6.45) is 8.08. The largest absolute Gasteiger partial charge is 0.356 e. The lowest BCUT2D eigenvalue weighted by atomic mass is 9.79. The van der Waals surface area contributed by atoms with Crippen LogP contribution in [0, 0.1) is 11.8 Å². The molecule has 0 spiro atoms. The lowest BCUT2D eigenvalue weighted by Crippen LogP contribution is -2.33. The third kappa shape index (κ3) is 4.86. The maximum absolute atomic E-state index is 11.8. The van der Waals surface area contributed by atoms with Crippen LogP contribution >= 0.6 is 0 Å². The van der Waals surface area contributed by atoms with Gasteiger partial charge in [-0.15, -0.1) is 0 Å². The smallest absolute Gasteiger partial charge is 0.225 e. The van der Waals surface area contributed by atoms with Gasteiger partial charge in [-0.3, -0.25) is 9.78 Å². The van der Waals surface area contributed by atoms with E-state index in [9.17, 15) is 4.79 Å². The lowest BCUT2D eigenvalue weighted by molar-refractivity contribution is -0.124. The fourth-order valence-corrected chi connectivity index (χ4v) is 3.72. The van der Waals surface area contributed by atoms with Gasteiger partial charge in [0.2, 0.25) is 11.9 Å². The summed E-state index contributed by atoms with van der Waals surface area (Å²) in [5.74, 6) is 1.87. The highest BCUT2D eigenvalue weighted by atomic mass is 16.1. The van der Waals surface area contributed by atoms with E-state index in [0.717, 1.165) is 55.1 Å². The van der Waals surface area contributed by atoms with Crippen molar-refractivity contribution in [1.29, 1.82) is 0 Å². The number of carbonyl (C=O) groups excluding carboxylic acids is 1. The Labute approximate surface area is 167 Å². The maximum atomic E-state index is 11.8. The summed E-state index contributed by atoms with van der Waals surface area (Å²) in [5.41, 5.74) is 3.05. The first-order valence-corrected chi connectivity index (χ1v) is 10.2. The van der Waals surface area contributed by atoms with Crippen LogP contribution in [0.25, 0.3) is 11.3 Å². The van der Waals surface area contributed by atoms with Crippen LogP contribution in [0.5, 0.6) is 0 Å². The molecule has 0 unspecified atom stereocenters. The van der Waals surface area contributed by atoms with Crippen LogP contribution in [0.3, 0.4) is 0 Å². The second kappa shape index (κ2) is 9.13. The predicted molar refractivity (Wildman–Crippen MR) is 112 cm³/mol. The van der Waals surface area contributed by atoms with E-state index in [-0.39, 0.29) is 11.8 Å². The summed E-state index contributed by atoms with van der Waals surface area (Å²) in [6, 6.07) is 5.94. The minimum Gasteiger partial charge on any atom is -0.356 e. The molecule has 1 aliphatic rings. The van der Waals surface area contributed by atoms with Crippen molar-refractivity contribution in [1.82, 2.24) is 20.3 Å². The number of nitrogens with zero attached hydrogens (tertiary/aromatic N) is 4. The molecule has 1 fully saturated rings. The first-order chi connectivity index (χ1) is 13.5. The van der Waals surface area contributed by atoms with Gasteiger partial charge in [0.1, 0.15) is 0 Å². The Morgan fingerprint density at radius 3 is 2.54 bits per heavy atom. The van der Waals surface area contributed by atoms with Gasteiger partial charge >= 0.3 is 0 Å². The zero-order chi connectivity index (χ0) is 20.1. The number of aromatic nitrogens is 3. The van der Waals surface area contributed by atoms with Crippen molar-refractivity contribution in [3.8, 4) is 11.3 Å². The van der Waals surface area contributed by atoms with Crippen molar-refractivity contribution in [2.75, 3.05) is 25.5 Å². The van der Waals surface area contributed by atoms with Gasteiger partial charge in [-0.2, -0.15) is 0 Å². The minimum atomic E-state index is 0.0442. The Morgan fingerprint density at radius 2 is 1.93 bits per heavy atom. The topological polar surface area (TPSA) is 71.0 Å². The van der Waals surface area contributed by atoms with Gasteiger partial charge in [-0.05, 0) is 43.7 Å². The van der Waals surface area contributed by atoms with Crippen molar-refractivity contribution in [3.63, 3.8) is 0 Å². The number of pyridine rings is 1. The zero-order valence-corrected chi connectivity index (χ0v) is 17.4. The summed E-state index contributed by atoms with van der Waals surface area (Å²) in [4.78, 5) is 27.7. The SMILES string of the molecule is CC(C)C(=O)NCC1CCC(c2nc(N(C)C)ncc2-c2ccccn2)CC1. The van der Waals surface area contributed by atoms with Gasteiger partial charge in [0.05, 0.1) is 11.4 Å². The molecule has 28 heavy (non-hydrogen) atoms. The van der Waals surface area contributed by atoms with Crippen LogP contribution in [0.2, 0.25) is 0 Å². The average molecular weight is 382 g/mol. The van der Waals surface area contributed by atoms with Crippen molar-refractivity contribution in [2.24, 2.45) is 11.8 Å². The second-order valence-corrected chi connectivity index (χ2v) is 8.20. The van der Waals surface area contributed by atoms with Gasteiger partial charge in [0, 0.05) is 50.4 Å². The van der Waals surface area contributed by atoms with E-state index < -0.39 is 0 Å². The zero-order valence-electron chi connectivity index (χ0n) is 17.4. The van der Waals surface area contributed by atoms with E-state index in [4.69, 9.17) is 4.98 Å². The van der Waals surface area contributed by atoms with E-state index in [1.165, 1.54) is 0 Å².